The van der Waals surface area contributed by atoms with Gasteiger partial charge in [-0.05, 0) is 12.3 Å². The number of nitrogens with two attached hydrogens (primary N) is 1. The Morgan fingerprint density at radius 3 is 2.71 bits per heavy atom. The summed E-state index contributed by atoms with van der Waals surface area (Å²) in [5.41, 5.74) is 5.41. The van der Waals surface area contributed by atoms with E-state index in [0.717, 1.165) is 6.42 Å². The van der Waals surface area contributed by atoms with E-state index in [1.54, 1.807) is 0 Å². The van der Waals surface area contributed by atoms with Crippen LogP contribution < -0.4 is 5.73 Å². The number of hydrogen-bond donors (Lipinski definition) is 1. The maximum atomic E-state index is 12.7. The fraction of sp³-hybridized carbons (Fsp3) is 0.750. The Kier molecular flexibility index (Phi) is 2.22. The van der Waals surface area contributed by atoms with Gasteiger partial charge in [0.15, 0.2) is 0 Å². The average Bonchev–Trinajstić information content (AvgIpc) is 2.72. The van der Waals surface area contributed by atoms with Crippen LogP contribution in [0.1, 0.15) is 37.2 Å². The predicted octanol–water partition coefficient (Wildman–Crippen LogP) is 1.26. The Morgan fingerprint density at radius 1 is 1.64 bits per heavy atom. The quantitative estimate of drug-likeness (QED) is 0.802. The third-order valence-corrected chi connectivity index (χ3v) is 2.59. The van der Waals surface area contributed by atoms with Gasteiger partial charge in [-0.3, -0.25) is 0 Å². The van der Waals surface area contributed by atoms with E-state index >= 15 is 0 Å². The second-order valence-corrected chi connectivity index (χ2v) is 3.65. The highest BCUT2D eigenvalue weighted by Crippen LogP contribution is 2.44. The second kappa shape index (κ2) is 3.27. The first-order valence-electron chi connectivity index (χ1n) is 4.57. The molecule has 4 nitrogen and oxygen atoms in total. The van der Waals surface area contributed by atoms with E-state index in [9.17, 15) is 8.78 Å². The Morgan fingerprint density at radius 2 is 2.29 bits per heavy atom. The van der Waals surface area contributed by atoms with E-state index in [0.29, 0.717) is 5.92 Å². The van der Waals surface area contributed by atoms with Crippen LogP contribution in [-0.2, 0) is 6.54 Å². The molecule has 0 aromatic carbocycles. The van der Waals surface area contributed by atoms with Crippen molar-refractivity contribution in [1.29, 1.82) is 0 Å². The van der Waals surface area contributed by atoms with Gasteiger partial charge in [0.25, 0.3) is 6.43 Å². The minimum Gasteiger partial charge on any atom is -0.325 e. The van der Waals surface area contributed by atoms with Crippen LogP contribution in [0.15, 0.2) is 0 Å². The van der Waals surface area contributed by atoms with Gasteiger partial charge in [0.2, 0.25) is 0 Å². The molecular weight excluding hydrogens is 190 g/mol. The van der Waals surface area contributed by atoms with Gasteiger partial charge in [-0.2, -0.15) is 0 Å². The molecule has 0 radical (unpaired) electrons. The minimum atomic E-state index is -2.55. The maximum absolute atomic E-state index is 12.7. The maximum Gasteiger partial charge on any atom is 0.281 e. The molecule has 78 valence electrons. The van der Waals surface area contributed by atoms with Crippen molar-refractivity contribution < 1.29 is 8.78 Å². The van der Waals surface area contributed by atoms with Gasteiger partial charge in [-0.15, -0.1) is 5.10 Å². The molecule has 2 unspecified atom stereocenters. The number of hydrogen-bond acceptors (Lipinski definition) is 3. The summed E-state index contributed by atoms with van der Waals surface area (Å²) in [6.07, 6.45) is -1.65. The molecule has 1 aromatic heterocycles. The molecule has 0 amide bonds. The highest BCUT2D eigenvalue weighted by molar-refractivity contribution is 5.14. The summed E-state index contributed by atoms with van der Waals surface area (Å²) in [7, 11) is 0. The number of rotatable bonds is 3. The summed E-state index contributed by atoms with van der Waals surface area (Å²) >= 11 is 0. The van der Waals surface area contributed by atoms with Gasteiger partial charge in [0.05, 0.1) is 6.04 Å². The SMILES string of the molecule is CC1CC1n1nnc(CN)c1C(F)F. The van der Waals surface area contributed by atoms with Crippen LogP contribution in [0.3, 0.4) is 0 Å². The first-order valence-corrected chi connectivity index (χ1v) is 4.57. The molecule has 1 aromatic rings. The van der Waals surface area contributed by atoms with E-state index in [-0.39, 0.29) is 24.0 Å². The van der Waals surface area contributed by atoms with Crippen molar-refractivity contribution >= 4 is 0 Å². The molecule has 0 aliphatic heterocycles. The fourth-order valence-corrected chi connectivity index (χ4v) is 1.59. The minimum absolute atomic E-state index is 0.0147. The predicted molar refractivity (Wildman–Crippen MR) is 45.7 cm³/mol. The van der Waals surface area contributed by atoms with Crippen LogP contribution in [0, 0.1) is 5.92 Å². The van der Waals surface area contributed by atoms with Crippen LogP contribution in [-0.4, -0.2) is 15.0 Å². The lowest BCUT2D eigenvalue weighted by atomic mass is 10.3. The van der Waals surface area contributed by atoms with Crippen molar-refractivity contribution in [2.45, 2.75) is 32.4 Å². The molecule has 0 spiro atoms. The lowest BCUT2D eigenvalue weighted by Crippen LogP contribution is -2.07. The van der Waals surface area contributed by atoms with E-state index in [1.165, 1.54) is 4.68 Å². The summed E-state index contributed by atoms with van der Waals surface area (Å²) < 4.78 is 26.7. The van der Waals surface area contributed by atoms with Gasteiger partial charge in [0, 0.05) is 6.54 Å². The standard InChI is InChI=1S/C8H12F2N4/c1-4-2-6(4)14-7(8(9)10)5(3-11)12-13-14/h4,6,8H,2-3,11H2,1H3. The topological polar surface area (TPSA) is 56.7 Å². The van der Waals surface area contributed by atoms with Crippen molar-refractivity contribution in [3.63, 3.8) is 0 Å². The third kappa shape index (κ3) is 1.39. The Hall–Kier alpha value is -1.04. The summed E-state index contributed by atoms with van der Waals surface area (Å²) in [4.78, 5) is 0. The normalized spacial score (nSPS) is 25.8. The first-order chi connectivity index (χ1) is 6.65. The molecule has 1 heterocycles. The van der Waals surface area contributed by atoms with E-state index < -0.39 is 6.43 Å². The highest BCUT2D eigenvalue weighted by atomic mass is 19.3. The van der Waals surface area contributed by atoms with Crippen LogP contribution >= 0.6 is 0 Å². The van der Waals surface area contributed by atoms with Gasteiger partial charge in [-0.1, -0.05) is 12.1 Å². The molecule has 1 aliphatic rings. The summed E-state index contributed by atoms with van der Waals surface area (Å²) in [5.74, 6) is 0.417. The zero-order valence-electron chi connectivity index (χ0n) is 7.82. The average molecular weight is 202 g/mol. The Bertz CT molecular complexity index is 336. The van der Waals surface area contributed by atoms with Crippen molar-refractivity contribution in [1.82, 2.24) is 15.0 Å². The van der Waals surface area contributed by atoms with Crippen LogP contribution in [0.25, 0.3) is 0 Å². The van der Waals surface area contributed by atoms with Gasteiger partial charge in [-0.25, -0.2) is 13.5 Å². The molecule has 6 heteroatoms. The number of nitrogens with zero attached hydrogens (tertiary/aromatic N) is 3. The van der Waals surface area contributed by atoms with E-state index in [2.05, 4.69) is 10.3 Å². The summed E-state index contributed by atoms with van der Waals surface area (Å²) in [6.45, 7) is 2.02. The molecule has 2 rings (SSSR count). The molecule has 1 aliphatic carbocycles. The van der Waals surface area contributed by atoms with Crippen LogP contribution in [0.2, 0.25) is 0 Å². The third-order valence-electron chi connectivity index (χ3n) is 2.59. The number of alkyl halides is 2. The summed E-state index contributed by atoms with van der Waals surface area (Å²) in [6, 6.07) is 0.0896. The molecule has 1 saturated carbocycles. The van der Waals surface area contributed by atoms with Gasteiger partial charge >= 0.3 is 0 Å². The highest BCUT2D eigenvalue weighted by Gasteiger charge is 2.39. The Labute approximate surface area is 80.1 Å². The largest absolute Gasteiger partial charge is 0.325 e. The molecular formula is C8H12F2N4. The smallest absolute Gasteiger partial charge is 0.281 e. The van der Waals surface area contributed by atoms with Crippen molar-refractivity contribution in [2.75, 3.05) is 0 Å². The molecule has 14 heavy (non-hydrogen) atoms. The van der Waals surface area contributed by atoms with Gasteiger partial charge < -0.3 is 5.73 Å². The fourth-order valence-electron chi connectivity index (χ4n) is 1.59. The van der Waals surface area contributed by atoms with Crippen LogP contribution in [0.5, 0.6) is 0 Å². The van der Waals surface area contributed by atoms with E-state index in [4.69, 9.17) is 5.73 Å². The zero-order valence-corrected chi connectivity index (χ0v) is 7.82. The first kappa shape index (κ1) is 9.51. The molecule has 1 fully saturated rings. The van der Waals surface area contributed by atoms with Crippen molar-refractivity contribution in [3.05, 3.63) is 11.4 Å². The number of halogens is 2. The molecule has 0 saturated heterocycles. The lowest BCUT2D eigenvalue weighted by molar-refractivity contribution is 0.137. The second-order valence-electron chi connectivity index (χ2n) is 3.65. The van der Waals surface area contributed by atoms with E-state index in [1.807, 2.05) is 6.92 Å². The van der Waals surface area contributed by atoms with Gasteiger partial charge in [0.1, 0.15) is 11.4 Å². The summed E-state index contributed by atoms with van der Waals surface area (Å²) in [5, 5.41) is 7.39. The molecule has 0 bridgehead atoms. The Balaban J connectivity index is 2.35. The molecule has 2 N–H and O–H groups in total. The van der Waals surface area contributed by atoms with Crippen molar-refractivity contribution in [3.8, 4) is 0 Å². The monoisotopic (exact) mass is 202 g/mol. The number of aromatic nitrogens is 3. The zero-order chi connectivity index (χ0) is 10.3. The van der Waals surface area contributed by atoms with Crippen molar-refractivity contribution in [2.24, 2.45) is 11.7 Å². The van der Waals surface area contributed by atoms with Crippen LogP contribution in [0.4, 0.5) is 8.78 Å². The lowest BCUT2D eigenvalue weighted by Gasteiger charge is -2.04. The molecule has 2 atom stereocenters.